The molecular formula is C60H52N2. The van der Waals surface area contributed by atoms with Gasteiger partial charge in [0.25, 0.3) is 0 Å². The second-order valence-corrected chi connectivity index (χ2v) is 20.2. The summed E-state index contributed by atoms with van der Waals surface area (Å²) >= 11 is 0. The fourth-order valence-electron chi connectivity index (χ4n) is 11.8. The summed E-state index contributed by atoms with van der Waals surface area (Å²) in [6.07, 6.45) is 0. The van der Waals surface area contributed by atoms with E-state index >= 15 is 0 Å². The molecule has 0 radical (unpaired) electrons. The lowest BCUT2D eigenvalue weighted by Gasteiger charge is -2.44. The van der Waals surface area contributed by atoms with Gasteiger partial charge in [-0.3, -0.25) is 0 Å². The molecule has 0 spiro atoms. The van der Waals surface area contributed by atoms with Crippen LogP contribution in [0.2, 0.25) is 0 Å². The molecule has 0 atom stereocenters. The average Bonchev–Trinajstić information content (AvgIpc) is 3.90. The van der Waals surface area contributed by atoms with E-state index in [-0.39, 0.29) is 21.7 Å². The molecule has 0 aliphatic heterocycles. The smallest absolute Gasteiger partial charge is 0.0547 e. The molecule has 0 bridgehead atoms. The highest BCUT2D eigenvalue weighted by Crippen LogP contribution is 2.63. The summed E-state index contributed by atoms with van der Waals surface area (Å²) in [4.78, 5) is 0. The maximum atomic E-state index is 2.57. The number of aromatic nitrogens is 2. The van der Waals surface area contributed by atoms with Crippen molar-refractivity contribution >= 4 is 43.6 Å². The van der Waals surface area contributed by atoms with Gasteiger partial charge in [-0.1, -0.05) is 152 Å². The van der Waals surface area contributed by atoms with Gasteiger partial charge in [0.05, 0.1) is 22.1 Å². The number of nitrogens with zero attached hydrogens (tertiary/aromatic N) is 2. The van der Waals surface area contributed by atoms with Crippen LogP contribution in [0.25, 0.3) is 88.4 Å². The molecule has 2 nitrogen and oxygen atoms in total. The molecule has 12 rings (SSSR count). The van der Waals surface area contributed by atoms with Crippen LogP contribution in [0.4, 0.5) is 0 Å². The minimum absolute atomic E-state index is 0.0279. The molecule has 2 aromatic heterocycles. The van der Waals surface area contributed by atoms with Crippen LogP contribution in [0.5, 0.6) is 0 Å². The van der Waals surface area contributed by atoms with E-state index in [9.17, 15) is 0 Å². The normalized spacial score (nSPS) is 16.6. The summed E-state index contributed by atoms with van der Waals surface area (Å²) in [6, 6.07) is 64.1. The minimum Gasteiger partial charge on any atom is -0.309 e. The fourth-order valence-corrected chi connectivity index (χ4v) is 11.8. The average molecular weight is 801 g/mol. The van der Waals surface area contributed by atoms with Gasteiger partial charge in [0, 0.05) is 38.3 Å². The van der Waals surface area contributed by atoms with E-state index in [4.69, 9.17) is 0 Å². The lowest BCUT2D eigenvalue weighted by Crippen LogP contribution is -2.42. The number of para-hydroxylation sites is 3. The molecule has 0 saturated heterocycles. The Bertz CT molecular complexity index is 3440. The summed E-state index contributed by atoms with van der Waals surface area (Å²) in [5.41, 5.74) is 20.6. The third-order valence-corrected chi connectivity index (χ3v) is 16.4. The van der Waals surface area contributed by atoms with Gasteiger partial charge in [0.1, 0.15) is 0 Å². The van der Waals surface area contributed by atoms with Crippen LogP contribution in [0.1, 0.15) is 77.6 Å². The lowest BCUT2D eigenvalue weighted by molar-refractivity contribution is 0.125. The van der Waals surface area contributed by atoms with E-state index in [1.54, 1.807) is 0 Å². The molecule has 0 N–H and O–H groups in total. The SMILES string of the molecule is CC1(C)c2ccccc2-c2cc3c(cc21)c1cc(-c2cc4c(cc2-c2ccc(-n5c6ccccc6c6ccccc65)cc2)C(C)(C)C(C)(C)C4(C)C)ccc1n3-c1ccccc1. The van der Waals surface area contributed by atoms with Crippen LogP contribution in [-0.4, -0.2) is 9.13 Å². The highest BCUT2D eigenvalue weighted by molar-refractivity contribution is 6.13. The summed E-state index contributed by atoms with van der Waals surface area (Å²) < 4.78 is 4.90. The zero-order valence-corrected chi connectivity index (χ0v) is 37.1. The molecule has 302 valence electrons. The third kappa shape index (κ3) is 4.76. The van der Waals surface area contributed by atoms with Crippen LogP contribution >= 0.6 is 0 Å². The molecule has 62 heavy (non-hydrogen) atoms. The maximum absolute atomic E-state index is 2.57. The minimum atomic E-state index is -0.0946. The Balaban J connectivity index is 1.10. The first-order chi connectivity index (χ1) is 29.8. The van der Waals surface area contributed by atoms with E-state index < -0.39 is 0 Å². The van der Waals surface area contributed by atoms with E-state index in [1.165, 1.54) is 111 Å². The first-order valence-electron chi connectivity index (χ1n) is 22.4. The Morgan fingerprint density at radius 2 is 0.806 bits per heavy atom. The van der Waals surface area contributed by atoms with Crippen LogP contribution in [0, 0.1) is 5.41 Å². The van der Waals surface area contributed by atoms with E-state index in [0.29, 0.717) is 0 Å². The topological polar surface area (TPSA) is 9.86 Å². The van der Waals surface area contributed by atoms with Crippen molar-refractivity contribution in [2.24, 2.45) is 5.41 Å². The Morgan fingerprint density at radius 3 is 1.47 bits per heavy atom. The van der Waals surface area contributed by atoms with Crippen molar-refractivity contribution in [2.75, 3.05) is 0 Å². The van der Waals surface area contributed by atoms with E-state index in [0.717, 1.165) is 0 Å². The van der Waals surface area contributed by atoms with Crippen LogP contribution in [0.15, 0.2) is 170 Å². The lowest BCUT2D eigenvalue weighted by atomic mass is 9.59. The van der Waals surface area contributed by atoms with E-state index in [2.05, 4.69) is 234 Å². The maximum Gasteiger partial charge on any atom is 0.0547 e. The largest absolute Gasteiger partial charge is 0.309 e. The summed E-state index contributed by atoms with van der Waals surface area (Å²) in [5, 5.41) is 5.14. The highest BCUT2D eigenvalue weighted by Gasteiger charge is 2.57. The van der Waals surface area contributed by atoms with Gasteiger partial charge < -0.3 is 9.13 Å². The van der Waals surface area contributed by atoms with Crippen LogP contribution < -0.4 is 0 Å². The Hall–Kier alpha value is -6.64. The van der Waals surface area contributed by atoms with Gasteiger partial charge in [-0.25, -0.2) is 0 Å². The molecule has 2 aliphatic carbocycles. The molecule has 2 heterocycles. The van der Waals surface area contributed by atoms with Crippen molar-refractivity contribution in [1.29, 1.82) is 0 Å². The van der Waals surface area contributed by atoms with Gasteiger partial charge in [-0.2, -0.15) is 0 Å². The van der Waals surface area contributed by atoms with Gasteiger partial charge >= 0.3 is 0 Å². The number of rotatable bonds is 4. The van der Waals surface area contributed by atoms with Gasteiger partial charge in [-0.05, 0) is 145 Å². The molecule has 0 amide bonds. The monoisotopic (exact) mass is 800 g/mol. The third-order valence-electron chi connectivity index (χ3n) is 16.4. The summed E-state index contributed by atoms with van der Waals surface area (Å²) in [7, 11) is 0. The Kier molecular flexibility index (Phi) is 7.48. The first kappa shape index (κ1) is 37.1. The van der Waals surface area contributed by atoms with Crippen molar-refractivity contribution in [2.45, 2.75) is 71.6 Å². The summed E-state index contributed by atoms with van der Waals surface area (Å²) in [6.45, 7) is 19.5. The van der Waals surface area contributed by atoms with Crippen molar-refractivity contribution in [3.63, 3.8) is 0 Å². The second kappa shape index (κ2) is 12.5. The van der Waals surface area contributed by atoms with E-state index in [1.807, 2.05) is 0 Å². The van der Waals surface area contributed by atoms with Crippen molar-refractivity contribution in [3.05, 3.63) is 192 Å². The van der Waals surface area contributed by atoms with Crippen molar-refractivity contribution in [3.8, 4) is 44.8 Å². The zero-order valence-electron chi connectivity index (χ0n) is 37.1. The number of hydrogen-bond donors (Lipinski definition) is 0. The highest BCUT2D eigenvalue weighted by atomic mass is 15.0. The van der Waals surface area contributed by atoms with Gasteiger partial charge in [-0.15, -0.1) is 0 Å². The van der Waals surface area contributed by atoms with Crippen LogP contribution in [-0.2, 0) is 16.2 Å². The summed E-state index contributed by atoms with van der Waals surface area (Å²) in [5.74, 6) is 0. The number of hydrogen-bond acceptors (Lipinski definition) is 0. The molecule has 2 heteroatoms. The molecule has 0 saturated carbocycles. The van der Waals surface area contributed by atoms with Gasteiger partial charge in [0.15, 0.2) is 0 Å². The fraction of sp³-hybridized carbons (Fsp3) is 0.200. The molecule has 2 aliphatic rings. The molecular weight excluding hydrogens is 749 g/mol. The molecule has 8 aromatic carbocycles. The molecule has 0 fully saturated rings. The van der Waals surface area contributed by atoms with Gasteiger partial charge in [0.2, 0.25) is 0 Å². The number of benzene rings is 8. The quantitative estimate of drug-likeness (QED) is 0.168. The Morgan fingerprint density at radius 1 is 0.306 bits per heavy atom. The molecule has 0 unspecified atom stereocenters. The Labute approximate surface area is 365 Å². The van der Waals surface area contributed by atoms with Crippen molar-refractivity contribution in [1.82, 2.24) is 9.13 Å². The first-order valence-corrected chi connectivity index (χ1v) is 22.4. The predicted molar refractivity (Wildman–Crippen MR) is 263 cm³/mol. The van der Waals surface area contributed by atoms with Crippen molar-refractivity contribution < 1.29 is 0 Å². The second-order valence-electron chi connectivity index (χ2n) is 20.2. The number of fused-ring (bicyclic) bond motifs is 10. The standard InChI is InChI=1S/C60H52N2/c1-57(2)49-23-15-12-20-41(49)46-36-56-48(35-50(46)57)47-32-38(28-31-55(47)62(56)39-18-10-9-11-19-39)45-34-52-51(58(3,4)60(7,8)59(52,5)6)33-44(45)37-26-29-40(30-27-37)61-53-24-16-13-21-42(53)43-22-14-17-25-54(43)61/h9-36H,1-8H3. The van der Waals surface area contributed by atoms with Crippen LogP contribution in [0.3, 0.4) is 0 Å². The predicted octanol–water partition coefficient (Wildman–Crippen LogP) is 16.1. The zero-order chi connectivity index (χ0) is 42.5. The molecule has 10 aromatic rings.